The molecule has 6 heteroatoms. The average Bonchev–Trinajstić information content (AvgIpc) is 2.95. The predicted molar refractivity (Wildman–Crippen MR) is 98.8 cm³/mol. The van der Waals surface area contributed by atoms with Gasteiger partial charge in [-0.15, -0.1) is 0 Å². The van der Waals surface area contributed by atoms with Crippen molar-refractivity contribution in [3.8, 4) is 11.6 Å². The van der Waals surface area contributed by atoms with Crippen LogP contribution in [0.25, 0.3) is 11.0 Å². The van der Waals surface area contributed by atoms with Crippen molar-refractivity contribution in [2.45, 2.75) is 44.6 Å². The maximum atomic E-state index is 5.42. The molecule has 1 atom stereocenters. The number of nitrogens with one attached hydrogen (secondary N) is 2. The SMILES string of the molecule is COc1cc2nc3c(c(N[C@@H]4CCCCNC4)c2nc1OC)CCC3. The van der Waals surface area contributed by atoms with Gasteiger partial charge in [-0.05, 0) is 44.2 Å². The molecule has 6 nitrogen and oxygen atoms in total. The molecule has 2 aliphatic rings. The van der Waals surface area contributed by atoms with Gasteiger partial charge in [0.2, 0.25) is 0 Å². The quantitative estimate of drug-likeness (QED) is 0.890. The third-order valence-electron chi connectivity index (χ3n) is 5.23. The number of nitrogens with zero attached hydrogens (tertiary/aromatic N) is 2. The zero-order valence-corrected chi connectivity index (χ0v) is 15.0. The molecule has 0 unspecified atom stereocenters. The first kappa shape index (κ1) is 16.4. The fraction of sp³-hybridized carbons (Fsp3) is 0.579. The number of aryl methyl sites for hydroxylation is 1. The molecule has 2 N–H and O–H groups in total. The first-order chi connectivity index (χ1) is 12.3. The Bertz CT molecular complexity index is 770. The van der Waals surface area contributed by atoms with Gasteiger partial charge in [-0.2, -0.15) is 0 Å². The zero-order valence-electron chi connectivity index (χ0n) is 15.0. The van der Waals surface area contributed by atoms with Crippen LogP contribution in [0.15, 0.2) is 6.07 Å². The largest absolute Gasteiger partial charge is 0.491 e. The second kappa shape index (κ2) is 7.04. The molecule has 25 heavy (non-hydrogen) atoms. The summed E-state index contributed by atoms with van der Waals surface area (Å²) in [6.07, 6.45) is 6.94. The van der Waals surface area contributed by atoms with Gasteiger partial charge in [0.05, 0.1) is 25.4 Å². The molecule has 0 amide bonds. The maximum Gasteiger partial charge on any atom is 0.257 e. The lowest BCUT2D eigenvalue weighted by atomic mass is 10.1. The monoisotopic (exact) mass is 342 g/mol. The molecule has 0 spiro atoms. The van der Waals surface area contributed by atoms with Crippen molar-refractivity contribution in [1.82, 2.24) is 15.3 Å². The number of aromatic nitrogens is 2. The topological polar surface area (TPSA) is 68.3 Å². The normalized spacial score (nSPS) is 20.2. The van der Waals surface area contributed by atoms with Gasteiger partial charge in [0.25, 0.3) is 5.88 Å². The number of hydrogen-bond donors (Lipinski definition) is 2. The van der Waals surface area contributed by atoms with Crippen molar-refractivity contribution in [2.75, 3.05) is 32.6 Å². The minimum absolute atomic E-state index is 0.424. The van der Waals surface area contributed by atoms with Crippen LogP contribution < -0.4 is 20.1 Å². The van der Waals surface area contributed by atoms with Gasteiger partial charge in [0, 0.05) is 24.3 Å². The molecule has 0 radical (unpaired) electrons. The van der Waals surface area contributed by atoms with Crippen LogP contribution in [0.2, 0.25) is 0 Å². The molecular formula is C19H26N4O2. The number of anilines is 1. The molecule has 3 heterocycles. The lowest BCUT2D eigenvalue weighted by Gasteiger charge is -2.21. The van der Waals surface area contributed by atoms with Crippen LogP contribution in [0.1, 0.15) is 36.9 Å². The number of ether oxygens (including phenoxy) is 2. The molecule has 1 aliphatic carbocycles. The van der Waals surface area contributed by atoms with Crippen LogP contribution in [-0.2, 0) is 12.8 Å². The number of fused-ring (bicyclic) bond motifs is 2. The highest BCUT2D eigenvalue weighted by molar-refractivity contribution is 5.92. The van der Waals surface area contributed by atoms with Gasteiger partial charge in [0.1, 0.15) is 5.52 Å². The van der Waals surface area contributed by atoms with E-state index in [2.05, 4.69) is 10.6 Å². The summed E-state index contributed by atoms with van der Waals surface area (Å²) in [4.78, 5) is 9.60. The second-order valence-electron chi connectivity index (χ2n) is 6.87. The number of methoxy groups -OCH3 is 2. The number of rotatable bonds is 4. The van der Waals surface area contributed by atoms with Gasteiger partial charge in [-0.25, -0.2) is 4.98 Å². The van der Waals surface area contributed by atoms with Crippen LogP contribution in [0, 0.1) is 0 Å². The van der Waals surface area contributed by atoms with Crippen LogP contribution in [0.5, 0.6) is 11.6 Å². The summed E-state index contributed by atoms with van der Waals surface area (Å²) >= 11 is 0. The zero-order chi connectivity index (χ0) is 17.2. The Morgan fingerprint density at radius 1 is 1.12 bits per heavy atom. The minimum atomic E-state index is 0.424. The van der Waals surface area contributed by atoms with Crippen molar-refractivity contribution in [3.63, 3.8) is 0 Å². The van der Waals surface area contributed by atoms with Crippen molar-refractivity contribution in [2.24, 2.45) is 0 Å². The van der Waals surface area contributed by atoms with E-state index < -0.39 is 0 Å². The smallest absolute Gasteiger partial charge is 0.257 e. The molecule has 4 rings (SSSR count). The van der Waals surface area contributed by atoms with Crippen molar-refractivity contribution >= 4 is 16.7 Å². The predicted octanol–water partition coefficient (Wildman–Crippen LogP) is 2.69. The lowest BCUT2D eigenvalue weighted by Crippen LogP contribution is -2.31. The molecule has 0 aromatic carbocycles. The summed E-state index contributed by atoms with van der Waals surface area (Å²) < 4.78 is 10.8. The third-order valence-corrected chi connectivity index (χ3v) is 5.23. The van der Waals surface area contributed by atoms with Gasteiger partial charge in [0.15, 0.2) is 5.75 Å². The second-order valence-corrected chi connectivity index (χ2v) is 6.87. The molecule has 2 aromatic heterocycles. The highest BCUT2D eigenvalue weighted by atomic mass is 16.5. The van der Waals surface area contributed by atoms with E-state index in [4.69, 9.17) is 19.4 Å². The number of hydrogen-bond acceptors (Lipinski definition) is 6. The van der Waals surface area contributed by atoms with E-state index in [0.717, 1.165) is 49.1 Å². The fourth-order valence-corrected chi connectivity index (χ4v) is 3.94. The average molecular weight is 342 g/mol. The molecule has 1 saturated heterocycles. The maximum absolute atomic E-state index is 5.42. The van der Waals surface area contributed by atoms with E-state index in [1.807, 2.05) is 6.07 Å². The van der Waals surface area contributed by atoms with E-state index in [9.17, 15) is 0 Å². The molecule has 0 bridgehead atoms. The summed E-state index contributed by atoms with van der Waals surface area (Å²) in [5, 5.41) is 7.32. The first-order valence-electron chi connectivity index (χ1n) is 9.22. The standard InChI is InChI=1S/C19H26N4O2/c1-24-16-10-15-18(23-19(16)25-2)17(13-7-5-8-14(13)22-15)21-12-6-3-4-9-20-11-12/h10,12,20H,3-9,11H2,1-2H3,(H,21,22)/t12-/m1/s1. The van der Waals surface area contributed by atoms with E-state index in [-0.39, 0.29) is 0 Å². The Morgan fingerprint density at radius 2 is 2.04 bits per heavy atom. The van der Waals surface area contributed by atoms with Crippen LogP contribution >= 0.6 is 0 Å². The molecular weight excluding hydrogens is 316 g/mol. The Balaban J connectivity index is 1.82. The lowest BCUT2D eigenvalue weighted by molar-refractivity contribution is 0.344. The van der Waals surface area contributed by atoms with Crippen molar-refractivity contribution in [1.29, 1.82) is 0 Å². The molecule has 134 valence electrons. The van der Waals surface area contributed by atoms with Crippen LogP contribution in [0.3, 0.4) is 0 Å². The van der Waals surface area contributed by atoms with Gasteiger partial charge in [-0.3, -0.25) is 4.98 Å². The summed E-state index contributed by atoms with van der Waals surface area (Å²) in [6, 6.07) is 2.36. The Labute approximate surface area is 148 Å². The van der Waals surface area contributed by atoms with Crippen molar-refractivity contribution < 1.29 is 9.47 Å². The highest BCUT2D eigenvalue weighted by Gasteiger charge is 2.24. The fourth-order valence-electron chi connectivity index (χ4n) is 3.94. The Morgan fingerprint density at radius 3 is 2.88 bits per heavy atom. The Hall–Kier alpha value is -2.08. The van der Waals surface area contributed by atoms with E-state index in [1.54, 1.807) is 14.2 Å². The van der Waals surface area contributed by atoms with E-state index >= 15 is 0 Å². The van der Waals surface area contributed by atoms with Gasteiger partial charge >= 0.3 is 0 Å². The molecule has 1 fully saturated rings. The highest BCUT2D eigenvalue weighted by Crippen LogP contribution is 2.37. The molecule has 0 saturated carbocycles. The summed E-state index contributed by atoms with van der Waals surface area (Å²) in [7, 11) is 3.26. The first-order valence-corrected chi connectivity index (χ1v) is 9.22. The van der Waals surface area contributed by atoms with Crippen LogP contribution in [0.4, 0.5) is 5.69 Å². The van der Waals surface area contributed by atoms with Crippen LogP contribution in [-0.4, -0.2) is 43.3 Å². The summed E-state index contributed by atoms with van der Waals surface area (Å²) in [6.45, 7) is 2.10. The van der Waals surface area contributed by atoms with Gasteiger partial charge in [-0.1, -0.05) is 6.42 Å². The Kier molecular flexibility index (Phi) is 4.61. The third kappa shape index (κ3) is 3.11. The van der Waals surface area contributed by atoms with Gasteiger partial charge < -0.3 is 20.1 Å². The molecule has 2 aromatic rings. The molecule has 1 aliphatic heterocycles. The minimum Gasteiger partial charge on any atom is -0.491 e. The summed E-state index contributed by atoms with van der Waals surface area (Å²) in [5.41, 5.74) is 5.44. The van der Waals surface area contributed by atoms with E-state index in [0.29, 0.717) is 17.7 Å². The summed E-state index contributed by atoms with van der Waals surface area (Å²) in [5.74, 6) is 1.14. The van der Waals surface area contributed by atoms with Crippen molar-refractivity contribution in [3.05, 3.63) is 17.3 Å². The van der Waals surface area contributed by atoms with E-state index in [1.165, 1.54) is 30.5 Å². The number of pyridine rings is 2.